The number of nitrogens with zero attached hydrogens (tertiary/aromatic N) is 5. The molecular formula is C25H28N6O2. The van der Waals surface area contributed by atoms with Crippen LogP contribution in [0.2, 0.25) is 0 Å². The van der Waals surface area contributed by atoms with Crippen LogP contribution in [-0.4, -0.2) is 41.9 Å². The number of hydrogen-bond acceptors (Lipinski definition) is 6. The van der Waals surface area contributed by atoms with Crippen LogP contribution in [0.4, 0.5) is 5.82 Å². The highest BCUT2D eigenvalue weighted by molar-refractivity contribution is 5.86. The van der Waals surface area contributed by atoms with Crippen molar-refractivity contribution in [3.8, 4) is 0 Å². The van der Waals surface area contributed by atoms with Gasteiger partial charge in [-0.1, -0.05) is 0 Å². The average molecular weight is 445 g/mol. The monoisotopic (exact) mass is 444 g/mol. The predicted octanol–water partition coefficient (Wildman–Crippen LogP) is 3.68. The van der Waals surface area contributed by atoms with E-state index in [0.717, 1.165) is 41.6 Å². The Labute approximate surface area is 191 Å². The second kappa shape index (κ2) is 6.33. The highest BCUT2D eigenvalue weighted by atomic mass is 16.8. The van der Waals surface area contributed by atoms with Crippen molar-refractivity contribution in [2.24, 2.45) is 11.3 Å². The molecule has 2 aliphatic carbocycles. The fraction of sp³-hybridized carbons (Fsp3) is 0.480. The maximum absolute atomic E-state index is 6.55. The van der Waals surface area contributed by atoms with E-state index in [-0.39, 0.29) is 23.7 Å². The van der Waals surface area contributed by atoms with Crippen LogP contribution in [0.15, 0.2) is 43.1 Å². The van der Waals surface area contributed by atoms with E-state index < -0.39 is 5.79 Å². The van der Waals surface area contributed by atoms with E-state index in [2.05, 4.69) is 55.4 Å². The maximum atomic E-state index is 6.55. The molecule has 5 atom stereocenters. The molecule has 0 unspecified atom stereocenters. The van der Waals surface area contributed by atoms with Crippen molar-refractivity contribution in [3.05, 3.63) is 54.4 Å². The molecule has 1 saturated heterocycles. The molecule has 4 aromatic rings. The third kappa shape index (κ3) is 2.68. The summed E-state index contributed by atoms with van der Waals surface area (Å²) < 4.78 is 17.4. The topological polar surface area (TPSA) is 92.5 Å². The van der Waals surface area contributed by atoms with Crippen molar-refractivity contribution in [3.63, 3.8) is 0 Å². The van der Waals surface area contributed by atoms with Crippen LogP contribution in [0.3, 0.4) is 0 Å². The Kier molecular flexibility index (Phi) is 3.74. The number of aromatic nitrogens is 5. The lowest BCUT2D eigenvalue weighted by atomic mass is 9.91. The second-order valence-electron chi connectivity index (χ2n) is 10.4. The summed E-state index contributed by atoms with van der Waals surface area (Å²) in [4.78, 5) is 13.3. The Balaban J connectivity index is 1.22. The van der Waals surface area contributed by atoms with E-state index in [9.17, 15) is 0 Å². The molecule has 8 heteroatoms. The van der Waals surface area contributed by atoms with Crippen LogP contribution < -0.4 is 5.73 Å². The molecule has 2 saturated carbocycles. The molecule has 5 heterocycles. The lowest BCUT2D eigenvalue weighted by Crippen LogP contribution is -2.32. The van der Waals surface area contributed by atoms with Crippen molar-refractivity contribution in [1.82, 2.24) is 23.9 Å². The van der Waals surface area contributed by atoms with Crippen molar-refractivity contribution in [1.29, 1.82) is 0 Å². The summed E-state index contributed by atoms with van der Waals surface area (Å²) in [6, 6.07) is 6.63. The number of rotatable bonds is 4. The van der Waals surface area contributed by atoms with E-state index in [0.29, 0.717) is 11.7 Å². The normalized spacial score (nSPS) is 31.8. The van der Waals surface area contributed by atoms with Gasteiger partial charge in [0.15, 0.2) is 5.79 Å². The molecule has 2 N–H and O–H groups in total. The first kappa shape index (κ1) is 19.5. The summed E-state index contributed by atoms with van der Waals surface area (Å²) in [5.41, 5.74) is 10.6. The van der Waals surface area contributed by atoms with E-state index in [4.69, 9.17) is 15.2 Å². The first-order valence-electron chi connectivity index (χ1n) is 11.7. The van der Waals surface area contributed by atoms with Crippen LogP contribution in [0.5, 0.6) is 0 Å². The first-order valence-corrected chi connectivity index (χ1v) is 11.7. The second-order valence-corrected chi connectivity index (χ2v) is 10.4. The number of fused-ring (bicyclic) bond motifs is 5. The van der Waals surface area contributed by atoms with Crippen LogP contribution >= 0.6 is 0 Å². The van der Waals surface area contributed by atoms with Crippen molar-refractivity contribution < 1.29 is 9.47 Å². The van der Waals surface area contributed by atoms with E-state index in [1.165, 1.54) is 5.56 Å². The number of imidazole rings is 1. The molecule has 3 fully saturated rings. The molecule has 0 radical (unpaired) electrons. The molecule has 4 aromatic heterocycles. The summed E-state index contributed by atoms with van der Waals surface area (Å²) in [5, 5.41) is 0.897. The molecule has 0 bridgehead atoms. The average Bonchev–Trinajstić information content (AvgIpc) is 3.06. The molecule has 33 heavy (non-hydrogen) atoms. The van der Waals surface area contributed by atoms with Gasteiger partial charge in [0.25, 0.3) is 0 Å². The van der Waals surface area contributed by atoms with Crippen molar-refractivity contribution in [2.45, 2.75) is 64.1 Å². The molecule has 170 valence electrons. The third-order valence-corrected chi connectivity index (χ3v) is 8.13. The SMILES string of the molecule is Cc1cnc2cc(CC[C@@]34C[C@@H]3[C@@H](n3ccc5c(N)ncnc53)[C@@H]3OC(C)(C)O[C@@H]34)ccn12. The number of nitrogens with two attached hydrogens (primary N) is 1. The summed E-state index contributed by atoms with van der Waals surface area (Å²) in [7, 11) is 0. The summed E-state index contributed by atoms with van der Waals surface area (Å²) in [5.74, 6) is 0.425. The number of aryl methyl sites for hydroxylation is 2. The number of hydrogen-bond donors (Lipinski definition) is 1. The van der Waals surface area contributed by atoms with Crippen molar-refractivity contribution >= 4 is 22.5 Å². The van der Waals surface area contributed by atoms with E-state index >= 15 is 0 Å². The van der Waals surface area contributed by atoms with Gasteiger partial charge in [0.1, 0.15) is 29.5 Å². The van der Waals surface area contributed by atoms with Gasteiger partial charge >= 0.3 is 0 Å². The minimum absolute atomic E-state index is 0.00275. The summed E-state index contributed by atoms with van der Waals surface area (Å²) in [6.45, 7) is 6.13. The molecule has 1 aliphatic heterocycles. The van der Waals surface area contributed by atoms with Gasteiger partial charge in [0, 0.05) is 29.7 Å². The zero-order valence-electron chi connectivity index (χ0n) is 19.1. The number of ether oxygens (including phenoxy) is 2. The van der Waals surface area contributed by atoms with Gasteiger partial charge in [-0.15, -0.1) is 0 Å². The zero-order chi connectivity index (χ0) is 22.5. The highest BCUT2D eigenvalue weighted by Gasteiger charge is 2.75. The van der Waals surface area contributed by atoms with Gasteiger partial charge < -0.3 is 24.2 Å². The summed E-state index contributed by atoms with van der Waals surface area (Å²) >= 11 is 0. The zero-order valence-corrected chi connectivity index (χ0v) is 19.1. The fourth-order valence-electron chi connectivity index (χ4n) is 6.55. The molecule has 3 aliphatic rings. The standard InChI is InChI=1S/C25H28N6O2/c1-14-12-27-18-10-15(5-8-30(14)18)4-7-25-11-17(25)19(20-21(25)33-24(2,3)32-20)31-9-6-16-22(26)28-13-29-23(16)31/h5-6,8-10,12-13,17,19-21H,4,7,11H2,1-3H3,(H2,26,28,29)/t17-,19-,20+,21+,25-/m1/s1. The quantitative estimate of drug-likeness (QED) is 0.516. The molecule has 8 nitrogen and oxygen atoms in total. The van der Waals surface area contributed by atoms with Gasteiger partial charge in [-0.3, -0.25) is 0 Å². The van der Waals surface area contributed by atoms with Crippen LogP contribution in [-0.2, 0) is 15.9 Å². The number of anilines is 1. The predicted molar refractivity (Wildman–Crippen MR) is 124 cm³/mol. The minimum Gasteiger partial charge on any atom is -0.383 e. The number of pyridine rings is 1. The molecule has 0 aromatic carbocycles. The lowest BCUT2D eigenvalue weighted by molar-refractivity contribution is -0.161. The highest BCUT2D eigenvalue weighted by Crippen LogP contribution is 2.73. The van der Waals surface area contributed by atoms with Crippen LogP contribution in [0.1, 0.15) is 44.0 Å². The Morgan fingerprint density at radius 1 is 1.15 bits per heavy atom. The van der Waals surface area contributed by atoms with Gasteiger partial charge in [0.05, 0.1) is 17.5 Å². The molecular weight excluding hydrogens is 416 g/mol. The third-order valence-electron chi connectivity index (χ3n) is 8.13. The minimum atomic E-state index is -0.586. The van der Waals surface area contributed by atoms with Crippen LogP contribution in [0, 0.1) is 18.3 Å². The molecule has 0 amide bonds. The maximum Gasteiger partial charge on any atom is 0.163 e. The van der Waals surface area contributed by atoms with Crippen LogP contribution in [0.25, 0.3) is 16.7 Å². The van der Waals surface area contributed by atoms with E-state index in [1.807, 2.05) is 26.1 Å². The van der Waals surface area contributed by atoms with Gasteiger partial charge in [0.2, 0.25) is 0 Å². The largest absolute Gasteiger partial charge is 0.383 e. The van der Waals surface area contributed by atoms with Gasteiger partial charge in [-0.25, -0.2) is 15.0 Å². The Morgan fingerprint density at radius 2 is 2.03 bits per heavy atom. The molecule has 0 spiro atoms. The Hall–Kier alpha value is -2.97. The lowest BCUT2D eigenvalue weighted by Gasteiger charge is -2.24. The fourth-order valence-corrected chi connectivity index (χ4v) is 6.55. The first-order chi connectivity index (χ1) is 15.9. The Morgan fingerprint density at radius 3 is 2.91 bits per heavy atom. The van der Waals surface area contributed by atoms with Gasteiger partial charge in [-0.05, 0) is 69.7 Å². The summed E-state index contributed by atoms with van der Waals surface area (Å²) in [6.07, 6.45) is 11.0. The van der Waals surface area contributed by atoms with E-state index in [1.54, 1.807) is 6.33 Å². The Bertz CT molecular complexity index is 1410. The molecule has 7 rings (SSSR count). The number of nitrogen functional groups attached to an aromatic ring is 1. The van der Waals surface area contributed by atoms with Crippen molar-refractivity contribution in [2.75, 3.05) is 5.73 Å². The van der Waals surface area contributed by atoms with Gasteiger partial charge in [-0.2, -0.15) is 0 Å². The smallest absolute Gasteiger partial charge is 0.163 e.